The molecular weight excluding hydrogens is 157 g/mol. The third kappa shape index (κ3) is 2.17. The van der Waals surface area contributed by atoms with Crippen molar-refractivity contribution in [1.82, 2.24) is 4.90 Å². The molecule has 2 atom stereocenters. The van der Waals surface area contributed by atoms with Gasteiger partial charge in [-0.3, -0.25) is 4.90 Å². The minimum atomic E-state index is -0.660. The molecule has 2 nitrogen and oxygen atoms in total. The number of alkyl halides is 1. The van der Waals surface area contributed by atoms with Crippen LogP contribution in [0.3, 0.4) is 0 Å². The summed E-state index contributed by atoms with van der Waals surface area (Å²) in [4.78, 5) is 2.17. The second kappa shape index (κ2) is 4.19. The van der Waals surface area contributed by atoms with Crippen molar-refractivity contribution in [3.05, 3.63) is 0 Å². The van der Waals surface area contributed by atoms with Gasteiger partial charge in [0.15, 0.2) is 0 Å². The maximum atomic E-state index is 13.0. The van der Waals surface area contributed by atoms with Crippen LogP contribution in [0.15, 0.2) is 0 Å². The number of hydrogen-bond donors (Lipinski definition) is 0. The lowest BCUT2D eigenvalue weighted by Gasteiger charge is -2.27. The number of ether oxygens (including phenoxy) is 1. The van der Waals surface area contributed by atoms with Crippen LogP contribution in [0.25, 0.3) is 0 Å². The van der Waals surface area contributed by atoms with Gasteiger partial charge in [0.25, 0.3) is 0 Å². The molecule has 12 heavy (non-hydrogen) atoms. The van der Waals surface area contributed by atoms with Crippen LogP contribution < -0.4 is 0 Å². The first-order valence-corrected chi connectivity index (χ1v) is 4.54. The van der Waals surface area contributed by atoms with Gasteiger partial charge in [-0.25, -0.2) is 4.39 Å². The van der Waals surface area contributed by atoms with Gasteiger partial charge in [0.1, 0.15) is 6.17 Å². The van der Waals surface area contributed by atoms with Gasteiger partial charge in [-0.15, -0.1) is 0 Å². The van der Waals surface area contributed by atoms with Gasteiger partial charge < -0.3 is 4.74 Å². The summed E-state index contributed by atoms with van der Waals surface area (Å²) in [5, 5.41) is 0. The van der Waals surface area contributed by atoms with E-state index < -0.39 is 6.17 Å². The quantitative estimate of drug-likeness (QED) is 0.643. The summed E-state index contributed by atoms with van der Waals surface area (Å²) >= 11 is 0. The Morgan fingerprint density at radius 2 is 2.25 bits per heavy atom. The van der Waals surface area contributed by atoms with Crippen molar-refractivity contribution >= 4 is 0 Å². The molecule has 1 aliphatic heterocycles. The molecule has 1 fully saturated rings. The Hall–Kier alpha value is -0.150. The van der Waals surface area contributed by atoms with Gasteiger partial charge in [-0.2, -0.15) is 0 Å². The first-order valence-electron chi connectivity index (χ1n) is 4.54. The minimum Gasteiger partial charge on any atom is -0.383 e. The van der Waals surface area contributed by atoms with Crippen LogP contribution in [0.1, 0.15) is 20.3 Å². The molecule has 0 N–H and O–H groups in total. The van der Waals surface area contributed by atoms with E-state index in [0.29, 0.717) is 25.6 Å². The lowest BCUT2D eigenvalue weighted by molar-refractivity contribution is 0.0981. The average molecular weight is 175 g/mol. The molecule has 0 aliphatic carbocycles. The van der Waals surface area contributed by atoms with Crippen molar-refractivity contribution in [3.63, 3.8) is 0 Å². The lowest BCUT2D eigenvalue weighted by Crippen LogP contribution is -2.38. The van der Waals surface area contributed by atoms with Gasteiger partial charge >= 0.3 is 0 Å². The SMILES string of the molecule is COCC1C[C@@H](F)CN1C(C)C. The Labute approximate surface area is 73.7 Å². The zero-order valence-corrected chi connectivity index (χ0v) is 8.09. The van der Waals surface area contributed by atoms with Gasteiger partial charge in [0.2, 0.25) is 0 Å². The van der Waals surface area contributed by atoms with E-state index in [1.807, 2.05) is 0 Å². The zero-order chi connectivity index (χ0) is 9.14. The summed E-state index contributed by atoms with van der Waals surface area (Å²) in [7, 11) is 1.67. The lowest BCUT2D eigenvalue weighted by atomic mass is 10.2. The summed E-state index contributed by atoms with van der Waals surface area (Å²) in [5.74, 6) is 0. The number of methoxy groups -OCH3 is 1. The highest BCUT2D eigenvalue weighted by molar-refractivity contribution is 4.86. The maximum absolute atomic E-state index is 13.0. The van der Waals surface area contributed by atoms with Crippen molar-refractivity contribution in [2.75, 3.05) is 20.3 Å². The molecule has 0 aromatic rings. The molecular formula is C9H18FNO. The van der Waals surface area contributed by atoms with Gasteiger partial charge in [0, 0.05) is 25.7 Å². The summed E-state index contributed by atoms with van der Waals surface area (Å²) in [6.07, 6.45) is -0.0287. The smallest absolute Gasteiger partial charge is 0.114 e. The highest BCUT2D eigenvalue weighted by atomic mass is 19.1. The van der Waals surface area contributed by atoms with Crippen molar-refractivity contribution < 1.29 is 9.13 Å². The van der Waals surface area contributed by atoms with E-state index in [-0.39, 0.29) is 6.04 Å². The number of hydrogen-bond acceptors (Lipinski definition) is 2. The Balaban J connectivity index is 2.47. The molecule has 0 radical (unpaired) electrons. The van der Waals surface area contributed by atoms with Crippen molar-refractivity contribution in [1.29, 1.82) is 0 Å². The normalized spacial score (nSPS) is 31.8. The van der Waals surface area contributed by atoms with Crippen LogP contribution in [0.2, 0.25) is 0 Å². The predicted molar refractivity (Wildman–Crippen MR) is 47.0 cm³/mol. The predicted octanol–water partition coefficient (Wildman–Crippen LogP) is 1.45. The van der Waals surface area contributed by atoms with Crippen LogP contribution in [-0.4, -0.2) is 43.4 Å². The standard InChI is InChI=1S/C9H18FNO/c1-7(2)11-5-8(10)4-9(11)6-12-3/h7-9H,4-6H2,1-3H3/t8-,9?/m1/s1. The van der Waals surface area contributed by atoms with Gasteiger partial charge in [-0.05, 0) is 20.3 Å². The average Bonchev–Trinajstić information content (AvgIpc) is 2.32. The van der Waals surface area contributed by atoms with E-state index >= 15 is 0 Å². The van der Waals surface area contributed by atoms with E-state index in [4.69, 9.17) is 4.74 Å². The highest BCUT2D eigenvalue weighted by Crippen LogP contribution is 2.22. The van der Waals surface area contributed by atoms with Crippen LogP contribution >= 0.6 is 0 Å². The largest absolute Gasteiger partial charge is 0.383 e. The first kappa shape index (κ1) is 9.93. The molecule has 0 bridgehead atoms. The number of nitrogens with zero attached hydrogens (tertiary/aromatic N) is 1. The third-order valence-corrected chi connectivity index (χ3v) is 2.43. The Morgan fingerprint density at radius 3 is 2.75 bits per heavy atom. The topological polar surface area (TPSA) is 12.5 Å². The minimum absolute atomic E-state index is 0.282. The fourth-order valence-electron chi connectivity index (χ4n) is 1.87. The fourth-order valence-corrected chi connectivity index (χ4v) is 1.87. The summed E-state index contributed by atoms with van der Waals surface area (Å²) in [6, 6.07) is 0.705. The number of rotatable bonds is 3. The summed E-state index contributed by atoms with van der Waals surface area (Å²) in [5.41, 5.74) is 0. The Bertz CT molecular complexity index is 140. The molecule has 1 saturated heterocycles. The van der Waals surface area contributed by atoms with Gasteiger partial charge in [-0.1, -0.05) is 0 Å². The zero-order valence-electron chi connectivity index (χ0n) is 8.09. The molecule has 0 amide bonds. The first-order chi connectivity index (χ1) is 5.65. The van der Waals surface area contributed by atoms with Crippen LogP contribution in [0, 0.1) is 0 Å². The molecule has 1 heterocycles. The van der Waals surface area contributed by atoms with Crippen molar-refractivity contribution in [3.8, 4) is 0 Å². The second-order valence-electron chi connectivity index (χ2n) is 3.73. The third-order valence-electron chi connectivity index (χ3n) is 2.43. The van der Waals surface area contributed by atoms with E-state index in [0.717, 1.165) is 0 Å². The Kier molecular flexibility index (Phi) is 3.47. The number of likely N-dealkylation sites (tertiary alicyclic amines) is 1. The molecule has 0 saturated carbocycles. The summed E-state index contributed by atoms with van der Waals surface area (Å²) < 4.78 is 18.1. The molecule has 72 valence electrons. The van der Waals surface area contributed by atoms with Crippen molar-refractivity contribution in [2.45, 2.75) is 38.5 Å². The highest BCUT2D eigenvalue weighted by Gasteiger charge is 2.33. The molecule has 1 rings (SSSR count). The second-order valence-corrected chi connectivity index (χ2v) is 3.73. The maximum Gasteiger partial charge on any atom is 0.114 e. The fraction of sp³-hybridized carbons (Fsp3) is 1.00. The van der Waals surface area contributed by atoms with E-state index in [2.05, 4.69) is 18.7 Å². The molecule has 0 aromatic carbocycles. The van der Waals surface area contributed by atoms with Crippen LogP contribution in [0.4, 0.5) is 4.39 Å². The molecule has 1 unspecified atom stereocenters. The Morgan fingerprint density at radius 1 is 1.58 bits per heavy atom. The van der Waals surface area contributed by atoms with E-state index in [1.165, 1.54) is 0 Å². The monoisotopic (exact) mass is 175 g/mol. The van der Waals surface area contributed by atoms with Gasteiger partial charge in [0.05, 0.1) is 6.61 Å². The molecule has 1 aliphatic rings. The van der Waals surface area contributed by atoms with Crippen LogP contribution in [-0.2, 0) is 4.74 Å². The van der Waals surface area contributed by atoms with Crippen molar-refractivity contribution in [2.24, 2.45) is 0 Å². The molecule has 0 spiro atoms. The van der Waals surface area contributed by atoms with E-state index in [1.54, 1.807) is 7.11 Å². The molecule has 3 heteroatoms. The molecule has 0 aromatic heterocycles. The summed E-state index contributed by atoms with van der Waals surface area (Å²) in [6.45, 7) is 5.42. The number of halogens is 1. The van der Waals surface area contributed by atoms with E-state index in [9.17, 15) is 4.39 Å². The van der Waals surface area contributed by atoms with Crippen LogP contribution in [0.5, 0.6) is 0 Å².